The van der Waals surface area contributed by atoms with Gasteiger partial charge in [0, 0.05) is 12.1 Å². The molecule has 0 aliphatic heterocycles. The lowest BCUT2D eigenvalue weighted by molar-refractivity contribution is -0.117. The summed E-state index contributed by atoms with van der Waals surface area (Å²) in [5, 5.41) is 0. The van der Waals surface area contributed by atoms with Crippen LogP contribution in [-0.4, -0.2) is 14.2 Å². The van der Waals surface area contributed by atoms with Crippen molar-refractivity contribution < 1.29 is 13.2 Å². The van der Waals surface area contributed by atoms with Gasteiger partial charge in [0.25, 0.3) is 10.0 Å². The van der Waals surface area contributed by atoms with Crippen LogP contribution in [0.2, 0.25) is 0 Å². The highest BCUT2D eigenvalue weighted by Crippen LogP contribution is 2.24. The van der Waals surface area contributed by atoms with Crippen molar-refractivity contribution in [1.82, 2.24) is 0 Å². The van der Waals surface area contributed by atoms with Crippen LogP contribution in [0.3, 0.4) is 0 Å². The zero-order valence-corrected chi connectivity index (χ0v) is 14.8. The van der Waals surface area contributed by atoms with E-state index in [0.29, 0.717) is 5.69 Å². The third-order valence-electron chi connectivity index (χ3n) is 3.53. The van der Waals surface area contributed by atoms with E-state index in [9.17, 15) is 13.2 Å². The maximum Gasteiger partial charge on any atom is 0.268 e. The molecule has 2 aromatic carbocycles. The molecule has 0 aliphatic carbocycles. The first kappa shape index (κ1) is 17.9. The minimum absolute atomic E-state index is 0.130. The maximum absolute atomic E-state index is 13.0. The highest BCUT2D eigenvalue weighted by molar-refractivity contribution is 7.93. The second-order valence-electron chi connectivity index (χ2n) is 5.82. The predicted octanol–water partition coefficient (Wildman–Crippen LogP) is 3.93. The number of carbonyl (C=O) groups excluding carboxylic acids is 1. The van der Waals surface area contributed by atoms with E-state index >= 15 is 0 Å². The Morgan fingerprint density at radius 1 is 1.00 bits per heavy atom. The van der Waals surface area contributed by atoms with E-state index in [1.165, 1.54) is 12.3 Å². The number of nitrogens with zero attached hydrogens (tertiary/aromatic N) is 1. The number of allylic oxidation sites excluding steroid dienone is 1. The fraction of sp³-hybridized carbons (Fsp3) is 0.211. The lowest BCUT2D eigenvalue weighted by Gasteiger charge is -2.20. The lowest BCUT2D eigenvalue weighted by Crippen LogP contribution is -2.26. The van der Waals surface area contributed by atoms with E-state index < -0.39 is 10.0 Å². The molecule has 0 atom stereocenters. The number of para-hydroxylation sites is 1. The van der Waals surface area contributed by atoms with Crippen molar-refractivity contribution in [2.45, 2.75) is 25.7 Å². The molecule has 0 unspecified atom stereocenters. The Labute approximate surface area is 143 Å². The molecule has 5 heteroatoms. The fourth-order valence-corrected chi connectivity index (χ4v) is 3.36. The molecule has 0 spiro atoms. The molecule has 2 aromatic rings. The van der Waals surface area contributed by atoms with Gasteiger partial charge < -0.3 is 0 Å². The molecule has 0 aliphatic rings. The summed E-state index contributed by atoms with van der Waals surface area (Å²) >= 11 is 0. The quantitative estimate of drug-likeness (QED) is 0.747. The molecule has 4 nitrogen and oxygen atoms in total. The van der Waals surface area contributed by atoms with E-state index in [1.54, 1.807) is 62.4 Å². The van der Waals surface area contributed by atoms with Gasteiger partial charge in [-0.3, -0.25) is 4.79 Å². The van der Waals surface area contributed by atoms with Crippen molar-refractivity contribution in [2.24, 2.45) is 5.92 Å². The first-order valence-electron chi connectivity index (χ1n) is 7.70. The largest absolute Gasteiger partial charge is 0.295 e. The summed E-state index contributed by atoms with van der Waals surface area (Å²) in [5.41, 5.74) is 1.46. The predicted molar refractivity (Wildman–Crippen MR) is 96.3 cm³/mol. The average Bonchev–Trinajstić information content (AvgIpc) is 2.56. The van der Waals surface area contributed by atoms with Gasteiger partial charge in [0.15, 0.2) is 5.78 Å². The minimum Gasteiger partial charge on any atom is -0.295 e. The number of anilines is 1. The average molecular weight is 343 g/mol. The number of ketones is 1. The van der Waals surface area contributed by atoms with Crippen molar-refractivity contribution in [3.8, 4) is 0 Å². The van der Waals surface area contributed by atoms with Crippen LogP contribution in [0.5, 0.6) is 0 Å². The van der Waals surface area contributed by atoms with Crippen molar-refractivity contribution in [2.75, 3.05) is 4.31 Å². The van der Waals surface area contributed by atoms with Gasteiger partial charge in [-0.2, -0.15) is 0 Å². The van der Waals surface area contributed by atoms with Crippen LogP contribution in [0.1, 0.15) is 19.4 Å². The molecule has 0 radical (unpaired) electrons. The molecule has 126 valence electrons. The third kappa shape index (κ3) is 4.11. The highest BCUT2D eigenvalue weighted by atomic mass is 32.2. The molecule has 0 N–H and O–H groups in total. The van der Waals surface area contributed by atoms with Crippen molar-refractivity contribution in [3.63, 3.8) is 0 Å². The minimum atomic E-state index is -3.80. The van der Waals surface area contributed by atoms with Crippen molar-refractivity contribution in [3.05, 3.63) is 72.4 Å². The number of carbonyl (C=O) groups is 1. The Kier molecular flexibility index (Phi) is 5.57. The Hall–Kier alpha value is -2.40. The fourth-order valence-electron chi connectivity index (χ4n) is 2.04. The van der Waals surface area contributed by atoms with Gasteiger partial charge in [-0.05, 0) is 37.3 Å². The molecule has 0 saturated heterocycles. The molecular weight excluding hydrogens is 322 g/mol. The molecule has 24 heavy (non-hydrogen) atoms. The summed E-state index contributed by atoms with van der Waals surface area (Å²) in [6.07, 6.45) is 2.64. The summed E-state index contributed by atoms with van der Waals surface area (Å²) in [7, 11) is -3.80. The van der Waals surface area contributed by atoms with E-state index in [2.05, 4.69) is 0 Å². The highest BCUT2D eigenvalue weighted by Gasteiger charge is 2.23. The third-order valence-corrected chi connectivity index (χ3v) is 5.25. The topological polar surface area (TPSA) is 54.5 Å². The summed E-state index contributed by atoms with van der Waals surface area (Å²) in [6, 6.07) is 15.3. The first-order valence-corrected chi connectivity index (χ1v) is 9.14. The molecular formula is C19H21NO3S. The zero-order chi connectivity index (χ0) is 17.7. The van der Waals surface area contributed by atoms with E-state index in [-0.39, 0.29) is 16.6 Å². The molecule has 0 bridgehead atoms. The van der Waals surface area contributed by atoms with Crippen LogP contribution in [0.15, 0.2) is 71.8 Å². The van der Waals surface area contributed by atoms with Crippen LogP contribution in [0.4, 0.5) is 5.69 Å². The Balaban J connectivity index is 2.49. The molecule has 0 fully saturated rings. The van der Waals surface area contributed by atoms with Crippen LogP contribution in [-0.2, 0) is 14.8 Å². The Morgan fingerprint density at radius 2 is 1.58 bits per heavy atom. The normalized spacial score (nSPS) is 11.8. The number of benzene rings is 2. The molecule has 2 rings (SSSR count). The SMILES string of the molecule is Cc1ccc(S(=O)(=O)N(/C=C/C(=O)C(C)C)c2ccccc2)cc1. The molecule has 0 saturated carbocycles. The second kappa shape index (κ2) is 7.45. The van der Waals surface area contributed by atoms with Gasteiger partial charge >= 0.3 is 0 Å². The summed E-state index contributed by atoms with van der Waals surface area (Å²) in [4.78, 5) is 12.1. The number of aryl methyl sites for hydroxylation is 1. The maximum atomic E-state index is 13.0. The molecule has 0 heterocycles. The summed E-state index contributed by atoms with van der Waals surface area (Å²) < 4.78 is 27.1. The lowest BCUT2D eigenvalue weighted by atomic mass is 10.1. The van der Waals surface area contributed by atoms with Crippen LogP contribution in [0, 0.1) is 12.8 Å². The van der Waals surface area contributed by atoms with Gasteiger partial charge in [-0.1, -0.05) is 49.7 Å². The number of hydrogen-bond donors (Lipinski definition) is 0. The van der Waals surface area contributed by atoms with Gasteiger partial charge in [-0.25, -0.2) is 12.7 Å². The Morgan fingerprint density at radius 3 is 2.12 bits per heavy atom. The van der Waals surface area contributed by atoms with E-state index in [0.717, 1.165) is 9.87 Å². The standard InChI is InChI=1S/C19H21NO3S/c1-15(2)19(21)13-14-20(17-7-5-4-6-8-17)24(22,23)18-11-9-16(3)10-12-18/h4-15H,1-3H3/b14-13+. The van der Waals surface area contributed by atoms with Gasteiger partial charge in [-0.15, -0.1) is 0 Å². The smallest absolute Gasteiger partial charge is 0.268 e. The van der Waals surface area contributed by atoms with E-state index in [1.807, 2.05) is 13.0 Å². The van der Waals surface area contributed by atoms with Crippen LogP contribution in [0.25, 0.3) is 0 Å². The van der Waals surface area contributed by atoms with Crippen LogP contribution < -0.4 is 4.31 Å². The number of sulfonamides is 1. The summed E-state index contributed by atoms with van der Waals surface area (Å²) in [6.45, 7) is 5.44. The zero-order valence-electron chi connectivity index (χ0n) is 14.0. The van der Waals surface area contributed by atoms with Gasteiger partial charge in [0.05, 0.1) is 10.6 Å². The van der Waals surface area contributed by atoms with Gasteiger partial charge in [0.2, 0.25) is 0 Å². The monoisotopic (exact) mass is 343 g/mol. The van der Waals surface area contributed by atoms with Gasteiger partial charge in [0.1, 0.15) is 0 Å². The Bertz CT molecular complexity index is 823. The van der Waals surface area contributed by atoms with Crippen LogP contribution >= 0.6 is 0 Å². The summed E-state index contributed by atoms with van der Waals surface area (Å²) in [5.74, 6) is -0.323. The number of rotatable bonds is 6. The van der Waals surface area contributed by atoms with Crippen molar-refractivity contribution >= 4 is 21.5 Å². The second-order valence-corrected chi connectivity index (χ2v) is 7.64. The van der Waals surface area contributed by atoms with E-state index in [4.69, 9.17) is 0 Å². The molecule has 0 amide bonds. The van der Waals surface area contributed by atoms with Crippen molar-refractivity contribution in [1.29, 1.82) is 0 Å². The first-order chi connectivity index (χ1) is 11.3. The molecule has 0 aromatic heterocycles. The number of hydrogen-bond acceptors (Lipinski definition) is 3.